The molecule has 3 heterocycles. The zero-order chi connectivity index (χ0) is 17.2. The summed E-state index contributed by atoms with van der Waals surface area (Å²) in [6.45, 7) is 5.20. The zero-order valence-electron chi connectivity index (χ0n) is 14.3. The van der Waals surface area contributed by atoms with E-state index in [-0.39, 0.29) is 5.91 Å². The lowest BCUT2D eigenvalue weighted by molar-refractivity contribution is 0.0767. The first-order chi connectivity index (χ1) is 12.2. The molecule has 3 aromatic rings. The molecule has 6 nitrogen and oxygen atoms in total. The number of fused-ring (bicyclic) bond motifs is 1. The zero-order valence-corrected chi connectivity index (χ0v) is 14.3. The molecular weight excluding hydrogens is 314 g/mol. The smallest absolute Gasteiger partial charge is 0.253 e. The van der Waals surface area contributed by atoms with E-state index in [1.807, 2.05) is 58.9 Å². The first-order valence-corrected chi connectivity index (χ1v) is 8.62. The highest BCUT2D eigenvalue weighted by Gasteiger charge is 2.21. The molecule has 1 fully saturated rings. The second kappa shape index (κ2) is 6.55. The molecule has 0 atom stereocenters. The van der Waals surface area contributed by atoms with Crippen molar-refractivity contribution < 1.29 is 4.79 Å². The van der Waals surface area contributed by atoms with Gasteiger partial charge in [0.25, 0.3) is 5.91 Å². The number of nitrogens with zero attached hydrogens (tertiary/aromatic N) is 5. The predicted octanol–water partition coefficient (Wildman–Crippen LogP) is 2.39. The summed E-state index contributed by atoms with van der Waals surface area (Å²) in [6.07, 6.45) is 4.51. The predicted molar refractivity (Wildman–Crippen MR) is 96.9 cm³/mol. The molecule has 0 radical (unpaired) electrons. The van der Waals surface area contributed by atoms with Gasteiger partial charge in [0.15, 0.2) is 5.65 Å². The number of rotatable bonds is 2. The van der Waals surface area contributed by atoms with Crippen LogP contribution in [0.5, 0.6) is 0 Å². The van der Waals surface area contributed by atoms with Crippen LogP contribution in [0.4, 0.5) is 5.82 Å². The molecule has 0 saturated carbocycles. The average molecular weight is 335 g/mol. The molecule has 0 aliphatic carbocycles. The number of aryl methyl sites for hydroxylation is 1. The first kappa shape index (κ1) is 15.6. The maximum Gasteiger partial charge on any atom is 0.253 e. The lowest BCUT2D eigenvalue weighted by Gasteiger charge is -2.24. The molecule has 4 rings (SSSR count). The molecule has 0 unspecified atom stereocenters. The second-order valence-electron chi connectivity index (χ2n) is 6.40. The van der Waals surface area contributed by atoms with Gasteiger partial charge in [-0.25, -0.2) is 4.98 Å². The standard InChI is InChI=1S/C19H21N5O/c1-15-3-5-16(6-4-15)19(25)23-12-2-11-22(13-14-23)18-8-9-20-17-7-10-21-24(17)18/h3-10H,2,11-14H2,1H3. The van der Waals surface area contributed by atoms with E-state index in [0.29, 0.717) is 6.54 Å². The monoisotopic (exact) mass is 335 g/mol. The van der Waals surface area contributed by atoms with Crippen molar-refractivity contribution in [1.29, 1.82) is 0 Å². The maximum absolute atomic E-state index is 12.8. The molecule has 1 aliphatic rings. The summed E-state index contributed by atoms with van der Waals surface area (Å²) in [4.78, 5) is 21.3. The molecule has 6 heteroatoms. The van der Waals surface area contributed by atoms with Crippen molar-refractivity contribution in [3.05, 3.63) is 59.9 Å². The van der Waals surface area contributed by atoms with Gasteiger partial charge in [0.1, 0.15) is 5.82 Å². The lowest BCUT2D eigenvalue weighted by atomic mass is 10.1. The fraction of sp³-hybridized carbons (Fsp3) is 0.316. The summed E-state index contributed by atoms with van der Waals surface area (Å²) >= 11 is 0. The van der Waals surface area contributed by atoms with Crippen LogP contribution in [0.2, 0.25) is 0 Å². The van der Waals surface area contributed by atoms with Crippen molar-refractivity contribution in [2.24, 2.45) is 0 Å². The van der Waals surface area contributed by atoms with Crippen molar-refractivity contribution in [3.63, 3.8) is 0 Å². The summed E-state index contributed by atoms with van der Waals surface area (Å²) in [6, 6.07) is 11.7. The van der Waals surface area contributed by atoms with Gasteiger partial charge >= 0.3 is 0 Å². The Bertz CT molecular complexity index is 886. The molecule has 1 saturated heterocycles. The molecule has 1 amide bonds. The minimum Gasteiger partial charge on any atom is -0.355 e. The molecule has 1 aromatic carbocycles. The lowest BCUT2D eigenvalue weighted by Crippen LogP contribution is -2.35. The Morgan fingerprint density at radius 1 is 0.960 bits per heavy atom. The van der Waals surface area contributed by atoms with Crippen molar-refractivity contribution in [1.82, 2.24) is 19.5 Å². The fourth-order valence-electron chi connectivity index (χ4n) is 3.29. The van der Waals surface area contributed by atoms with E-state index < -0.39 is 0 Å². The molecular formula is C19H21N5O. The third-order valence-corrected chi connectivity index (χ3v) is 4.68. The topological polar surface area (TPSA) is 53.7 Å². The number of carbonyl (C=O) groups is 1. The van der Waals surface area contributed by atoms with Crippen LogP contribution in [-0.2, 0) is 0 Å². The number of aromatic nitrogens is 3. The normalized spacial score (nSPS) is 15.4. The van der Waals surface area contributed by atoms with Crippen LogP contribution in [0.3, 0.4) is 0 Å². The van der Waals surface area contributed by atoms with Crippen LogP contribution in [0.1, 0.15) is 22.3 Å². The van der Waals surface area contributed by atoms with E-state index in [9.17, 15) is 4.79 Å². The minimum absolute atomic E-state index is 0.112. The number of amides is 1. The number of carbonyl (C=O) groups excluding carboxylic acids is 1. The second-order valence-corrected chi connectivity index (χ2v) is 6.40. The van der Waals surface area contributed by atoms with E-state index in [1.54, 1.807) is 6.20 Å². The van der Waals surface area contributed by atoms with Crippen molar-refractivity contribution in [2.45, 2.75) is 13.3 Å². The molecule has 2 aromatic heterocycles. The number of hydrogen-bond donors (Lipinski definition) is 0. The van der Waals surface area contributed by atoms with Crippen LogP contribution < -0.4 is 4.90 Å². The SMILES string of the molecule is Cc1ccc(C(=O)N2CCCN(c3ccnc4ccnn34)CC2)cc1. The van der Waals surface area contributed by atoms with E-state index in [1.165, 1.54) is 5.56 Å². The van der Waals surface area contributed by atoms with Gasteiger partial charge in [0.2, 0.25) is 0 Å². The summed E-state index contributed by atoms with van der Waals surface area (Å²) < 4.78 is 1.86. The van der Waals surface area contributed by atoms with Gasteiger partial charge < -0.3 is 9.80 Å². The van der Waals surface area contributed by atoms with E-state index in [0.717, 1.165) is 43.1 Å². The van der Waals surface area contributed by atoms with Crippen LogP contribution in [0.15, 0.2) is 48.8 Å². The highest BCUT2D eigenvalue weighted by molar-refractivity contribution is 5.94. The Morgan fingerprint density at radius 3 is 2.64 bits per heavy atom. The third-order valence-electron chi connectivity index (χ3n) is 4.68. The molecule has 1 aliphatic heterocycles. The van der Waals surface area contributed by atoms with Crippen LogP contribution in [-0.4, -0.2) is 51.6 Å². The van der Waals surface area contributed by atoms with E-state index >= 15 is 0 Å². The quantitative estimate of drug-likeness (QED) is 0.722. The van der Waals surface area contributed by atoms with Crippen LogP contribution in [0, 0.1) is 6.92 Å². The van der Waals surface area contributed by atoms with Gasteiger partial charge in [-0.1, -0.05) is 17.7 Å². The largest absolute Gasteiger partial charge is 0.355 e. The van der Waals surface area contributed by atoms with Crippen LogP contribution >= 0.6 is 0 Å². The third kappa shape index (κ3) is 3.07. The van der Waals surface area contributed by atoms with E-state index in [4.69, 9.17) is 0 Å². The Morgan fingerprint density at radius 2 is 1.80 bits per heavy atom. The molecule has 25 heavy (non-hydrogen) atoms. The summed E-state index contributed by atoms with van der Waals surface area (Å²) in [5.41, 5.74) is 2.77. The van der Waals surface area contributed by atoms with Gasteiger partial charge in [0.05, 0.1) is 6.20 Å². The van der Waals surface area contributed by atoms with Crippen molar-refractivity contribution in [3.8, 4) is 0 Å². The number of hydrogen-bond acceptors (Lipinski definition) is 4. The molecule has 0 N–H and O–H groups in total. The van der Waals surface area contributed by atoms with Crippen molar-refractivity contribution in [2.75, 3.05) is 31.1 Å². The van der Waals surface area contributed by atoms with E-state index in [2.05, 4.69) is 15.0 Å². The van der Waals surface area contributed by atoms with Gasteiger partial charge in [-0.05, 0) is 31.5 Å². The van der Waals surface area contributed by atoms with Crippen LogP contribution in [0.25, 0.3) is 5.65 Å². The molecule has 128 valence electrons. The van der Waals surface area contributed by atoms with Gasteiger partial charge in [-0.3, -0.25) is 4.79 Å². The summed E-state index contributed by atoms with van der Waals surface area (Å²) in [5.74, 6) is 1.14. The number of anilines is 1. The number of benzene rings is 1. The Balaban J connectivity index is 1.51. The Labute approximate surface area is 146 Å². The Hall–Kier alpha value is -2.89. The molecule has 0 spiro atoms. The highest BCUT2D eigenvalue weighted by Crippen LogP contribution is 2.18. The minimum atomic E-state index is 0.112. The fourth-order valence-corrected chi connectivity index (χ4v) is 3.29. The van der Waals surface area contributed by atoms with Gasteiger partial charge in [-0.2, -0.15) is 9.61 Å². The van der Waals surface area contributed by atoms with Crippen molar-refractivity contribution >= 4 is 17.4 Å². The first-order valence-electron chi connectivity index (χ1n) is 8.62. The Kier molecular flexibility index (Phi) is 4.09. The maximum atomic E-state index is 12.8. The highest BCUT2D eigenvalue weighted by atomic mass is 16.2. The summed E-state index contributed by atoms with van der Waals surface area (Å²) in [7, 11) is 0. The average Bonchev–Trinajstić information content (AvgIpc) is 2.98. The van der Waals surface area contributed by atoms with Gasteiger partial charge in [-0.15, -0.1) is 0 Å². The molecule has 0 bridgehead atoms. The summed E-state index contributed by atoms with van der Waals surface area (Å²) in [5, 5.41) is 4.37. The van der Waals surface area contributed by atoms with Gasteiger partial charge in [0, 0.05) is 44.0 Å².